The predicted molar refractivity (Wildman–Crippen MR) is 104 cm³/mol. The minimum atomic E-state index is -3.47. The van der Waals surface area contributed by atoms with Crippen LogP contribution in [0, 0.1) is 0 Å². The van der Waals surface area contributed by atoms with Crippen molar-refractivity contribution in [2.45, 2.75) is 4.90 Å². The molecule has 5 N–H and O–H groups in total. The molecule has 0 aliphatic carbocycles. The van der Waals surface area contributed by atoms with E-state index in [4.69, 9.17) is 16.2 Å². The minimum absolute atomic E-state index is 0.156. The molecule has 0 saturated carbocycles. The number of rotatable bonds is 4. The molecule has 0 unspecified atom stereocenters. The van der Waals surface area contributed by atoms with Crippen LogP contribution in [0.25, 0.3) is 0 Å². The van der Waals surface area contributed by atoms with Crippen LogP contribution in [0.5, 0.6) is 11.5 Å². The third-order valence-corrected chi connectivity index (χ3v) is 4.71. The number of anilines is 2. The standard InChI is InChI=1S/C13H14N2O3S.C6H7N/c1-15-19(16,17)13-4-2-3-12(9-13)18-11-7-5-10(14)6-8-11;7-6-4-2-1-3-5-6/h2-9,15H,14H2,1H3;1-5H,7H2. The summed E-state index contributed by atoms with van der Waals surface area (Å²) in [7, 11) is -2.11. The van der Waals surface area contributed by atoms with Crippen molar-refractivity contribution in [1.29, 1.82) is 0 Å². The lowest BCUT2D eigenvalue weighted by Crippen LogP contribution is -2.18. The molecule has 7 heteroatoms. The van der Waals surface area contributed by atoms with Gasteiger partial charge in [-0.05, 0) is 55.6 Å². The highest BCUT2D eigenvalue weighted by atomic mass is 32.2. The lowest BCUT2D eigenvalue weighted by atomic mass is 10.3. The molecule has 0 aromatic heterocycles. The highest BCUT2D eigenvalue weighted by Crippen LogP contribution is 2.24. The molecular weight excluding hydrogens is 350 g/mol. The van der Waals surface area contributed by atoms with Crippen LogP contribution in [0.15, 0.2) is 83.8 Å². The summed E-state index contributed by atoms with van der Waals surface area (Å²) in [6, 6.07) is 22.6. The molecule has 3 aromatic rings. The maximum atomic E-state index is 11.7. The second kappa shape index (κ2) is 8.89. The van der Waals surface area contributed by atoms with Crippen LogP contribution in [0.4, 0.5) is 11.4 Å². The van der Waals surface area contributed by atoms with E-state index in [1.807, 2.05) is 30.3 Å². The summed E-state index contributed by atoms with van der Waals surface area (Å²) in [6.45, 7) is 0. The summed E-state index contributed by atoms with van der Waals surface area (Å²) in [5.41, 5.74) is 12.4. The molecule has 3 aromatic carbocycles. The number of benzene rings is 3. The predicted octanol–water partition coefficient (Wildman–Crippen LogP) is 3.24. The van der Waals surface area contributed by atoms with E-state index in [0.29, 0.717) is 17.2 Å². The van der Waals surface area contributed by atoms with E-state index in [1.165, 1.54) is 19.2 Å². The summed E-state index contributed by atoms with van der Waals surface area (Å²) < 4.78 is 31.2. The molecule has 26 heavy (non-hydrogen) atoms. The fraction of sp³-hybridized carbons (Fsp3) is 0.0526. The maximum absolute atomic E-state index is 11.7. The Morgan fingerprint density at radius 1 is 0.769 bits per heavy atom. The molecule has 136 valence electrons. The van der Waals surface area contributed by atoms with Gasteiger partial charge in [-0.15, -0.1) is 0 Å². The molecule has 0 aliphatic rings. The Balaban J connectivity index is 0.000000290. The second-order valence-electron chi connectivity index (χ2n) is 5.26. The molecule has 3 rings (SSSR count). The van der Waals surface area contributed by atoms with E-state index in [0.717, 1.165) is 5.69 Å². The average molecular weight is 371 g/mol. The van der Waals surface area contributed by atoms with Crippen molar-refractivity contribution in [3.05, 3.63) is 78.9 Å². The quantitative estimate of drug-likeness (QED) is 0.610. The lowest BCUT2D eigenvalue weighted by molar-refractivity contribution is 0.480. The Morgan fingerprint density at radius 3 is 1.92 bits per heavy atom. The fourth-order valence-corrected chi connectivity index (χ4v) is 2.71. The molecule has 0 amide bonds. The Morgan fingerprint density at radius 2 is 1.38 bits per heavy atom. The first-order valence-corrected chi connectivity index (χ1v) is 9.26. The number of nitrogen functional groups attached to an aromatic ring is 2. The van der Waals surface area contributed by atoms with Gasteiger partial charge in [0, 0.05) is 17.4 Å². The van der Waals surface area contributed by atoms with E-state index in [9.17, 15) is 8.42 Å². The van der Waals surface area contributed by atoms with Gasteiger partial charge in [0.15, 0.2) is 0 Å². The normalized spacial score (nSPS) is 10.5. The zero-order valence-corrected chi connectivity index (χ0v) is 15.1. The molecule has 0 bridgehead atoms. The van der Waals surface area contributed by atoms with Crippen LogP contribution in [0.2, 0.25) is 0 Å². The third kappa shape index (κ3) is 5.80. The van der Waals surface area contributed by atoms with Gasteiger partial charge in [0.25, 0.3) is 0 Å². The molecule has 0 heterocycles. The van der Waals surface area contributed by atoms with Crippen molar-refractivity contribution in [2.75, 3.05) is 18.5 Å². The number of ether oxygens (including phenoxy) is 1. The van der Waals surface area contributed by atoms with Crippen molar-refractivity contribution in [1.82, 2.24) is 4.72 Å². The van der Waals surface area contributed by atoms with Crippen molar-refractivity contribution in [3.63, 3.8) is 0 Å². The number of nitrogens with two attached hydrogens (primary N) is 2. The first-order valence-electron chi connectivity index (χ1n) is 7.78. The largest absolute Gasteiger partial charge is 0.457 e. The maximum Gasteiger partial charge on any atom is 0.240 e. The Kier molecular flexibility index (Phi) is 6.60. The lowest BCUT2D eigenvalue weighted by Gasteiger charge is -2.08. The topological polar surface area (TPSA) is 107 Å². The molecule has 0 radical (unpaired) electrons. The minimum Gasteiger partial charge on any atom is -0.457 e. The first kappa shape index (κ1) is 19.3. The van der Waals surface area contributed by atoms with Crippen LogP contribution in [-0.2, 0) is 10.0 Å². The molecule has 0 saturated heterocycles. The van der Waals surface area contributed by atoms with Crippen LogP contribution < -0.4 is 20.9 Å². The summed E-state index contributed by atoms with van der Waals surface area (Å²) in [4.78, 5) is 0.156. The highest BCUT2D eigenvalue weighted by molar-refractivity contribution is 7.89. The zero-order valence-electron chi connectivity index (χ0n) is 14.3. The van der Waals surface area contributed by atoms with Crippen LogP contribution in [-0.4, -0.2) is 15.5 Å². The van der Waals surface area contributed by atoms with Gasteiger partial charge >= 0.3 is 0 Å². The first-order chi connectivity index (χ1) is 12.4. The van der Waals surface area contributed by atoms with Gasteiger partial charge in [-0.3, -0.25) is 0 Å². The van der Waals surface area contributed by atoms with E-state index in [-0.39, 0.29) is 4.90 Å². The van der Waals surface area contributed by atoms with Gasteiger partial charge in [-0.25, -0.2) is 13.1 Å². The molecule has 0 spiro atoms. The summed E-state index contributed by atoms with van der Waals surface area (Å²) in [6.07, 6.45) is 0. The van der Waals surface area contributed by atoms with Crippen LogP contribution in [0.1, 0.15) is 0 Å². The fourth-order valence-electron chi connectivity index (χ4n) is 1.95. The average Bonchev–Trinajstić information content (AvgIpc) is 2.65. The number of para-hydroxylation sites is 1. The summed E-state index contributed by atoms with van der Waals surface area (Å²) >= 11 is 0. The highest BCUT2D eigenvalue weighted by Gasteiger charge is 2.11. The number of nitrogens with one attached hydrogen (secondary N) is 1. The molecule has 0 atom stereocenters. The Labute approximate surface area is 153 Å². The number of hydrogen-bond donors (Lipinski definition) is 3. The molecule has 0 fully saturated rings. The van der Waals surface area contributed by atoms with Crippen molar-refractivity contribution in [3.8, 4) is 11.5 Å². The number of hydrogen-bond acceptors (Lipinski definition) is 5. The smallest absolute Gasteiger partial charge is 0.240 e. The molecular formula is C19H21N3O3S. The van der Waals surface area contributed by atoms with Crippen molar-refractivity contribution in [2.24, 2.45) is 0 Å². The SMILES string of the molecule is CNS(=O)(=O)c1cccc(Oc2ccc(N)cc2)c1.Nc1ccccc1. The molecule has 0 aliphatic heterocycles. The van der Waals surface area contributed by atoms with Crippen molar-refractivity contribution < 1.29 is 13.2 Å². The van der Waals surface area contributed by atoms with Crippen LogP contribution >= 0.6 is 0 Å². The van der Waals surface area contributed by atoms with Gasteiger partial charge in [-0.2, -0.15) is 0 Å². The van der Waals surface area contributed by atoms with Crippen LogP contribution in [0.3, 0.4) is 0 Å². The zero-order chi connectivity index (χ0) is 19.0. The van der Waals surface area contributed by atoms with Gasteiger partial charge in [0.05, 0.1) is 4.90 Å². The van der Waals surface area contributed by atoms with Crippen molar-refractivity contribution >= 4 is 21.4 Å². The van der Waals surface area contributed by atoms with E-state index >= 15 is 0 Å². The van der Waals surface area contributed by atoms with E-state index in [2.05, 4.69) is 4.72 Å². The monoisotopic (exact) mass is 371 g/mol. The van der Waals surface area contributed by atoms with Gasteiger partial charge in [-0.1, -0.05) is 24.3 Å². The van der Waals surface area contributed by atoms with E-state index < -0.39 is 10.0 Å². The molecule has 6 nitrogen and oxygen atoms in total. The number of sulfonamides is 1. The summed E-state index contributed by atoms with van der Waals surface area (Å²) in [5.74, 6) is 1.04. The van der Waals surface area contributed by atoms with Gasteiger partial charge in [0.2, 0.25) is 10.0 Å². The second-order valence-corrected chi connectivity index (χ2v) is 7.15. The Hall–Kier alpha value is -3.03. The summed E-state index contributed by atoms with van der Waals surface area (Å²) in [5, 5.41) is 0. The van der Waals surface area contributed by atoms with Gasteiger partial charge < -0.3 is 16.2 Å². The van der Waals surface area contributed by atoms with Gasteiger partial charge in [0.1, 0.15) is 11.5 Å². The third-order valence-electron chi connectivity index (χ3n) is 3.30. The Bertz CT molecular complexity index is 928. The van der Waals surface area contributed by atoms with E-state index in [1.54, 1.807) is 36.4 Å².